The first-order valence-corrected chi connectivity index (χ1v) is 7.64. The van der Waals surface area contributed by atoms with Crippen LogP contribution < -0.4 is 5.32 Å². The van der Waals surface area contributed by atoms with Crippen molar-refractivity contribution in [3.05, 3.63) is 57.7 Å². The Bertz CT molecular complexity index is 913. The van der Waals surface area contributed by atoms with Gasteiger partial charge in [-0.25, -0.2) is 14.2 Å². The van der Waals surface area contributed by atoms with Crippen LogP contribution >= 0.6 is 27.5 Å². The quantitative estimate of drug-likeness (QED) is 0.664. The van der Waals surface area contributed by atoms with Crippen LogP contribution in [0.1, 0.15) is 10.4 Å². The summed E-state index contributed by atoms with van der Waals surface area (Å²) in [5.74, 6) is -1.09. The van der Waals surface area contributed by atoms with E-state index < -0.39 is 11.8 Å². The van der Waals surface area contributed by atoms with E-state index >= 15 is 0 Å². The molecule has 0 saturated carbocycles. The van der Waals surface area contributed by atoms with Gasteiger partial charge >= 0.3 is 5.97 Å². The average Bonchev–Trinajstić information content (AvgIpc) is 3.00. The van der Waals surface area contributed by atoms with Gasteiger partial charge in [-0.2, -0.15) is 0 Å². The minimum Gasteiger partial charge on any atom is -0.465 e. The molecule has 1 N–H and O–H groups in total. The Morgan fingerprint density at radius 3 is 2.96 bits per heavy atom. The van der Waals surface area contributed by atoms with Crippen molar-refractivity contribution in [3.63, 3.8) is 0 Å². The number of aromatic nitrogens is 2. The van der Waals surface area contributed by atoms with Crippen molar-refractivity contribution in [1.29, 1.82) is 0 Å². The van der Waals surface area contributed by atoms with Crippen LogP contribution in [0.2, 0.25) is 5.02 Å². The van der Waals surface area contributed by atoms with Gasteiger partial charge in [0.15, 0.2) is 5.65 Å². The Hall–Kier alpha value is -2.12. The van der Waals surface area contributed by atoms with Gasteiger partial charge in [0.1, 0.15) is 16.4 Å². The van der Waals surface area contributed by atoms with E-state index in [0.717, 1.165) is 0 Å². The number of hydrogen-bond donors (Lipinski definition) is 1. The number of pyridine rings is 1. The molecule has 5 nitrogen and oxygen atoms in total. The van der Waals surface area contributed by atoms with Gasteiger partial charge in [-0.05, 0) is 18.2 Å². The maximum absolute atomic E-state index is 14.1. The molecule has 8 heteroatoms. The highest BCUT2D eigenvalue weighted by Gasteiger charge is 2.20. The Morgan fingerprint density at radius 2 is 2.26 bits per heavy atom. The Labute approximate surface area is 144 Å². The summed E-state index contributed by atoms with van der Waals surface area (Å²) in [6.45, 7) is 0. The van der Waals surface area contributed by atoms with Crippen LogP contribution in [0.3, 0.4) is 0 Å². The zero-order valence-electron chi connectivity index (χ0n) is 11.8. The number of halogens is 3. The molecule has 0 aliphatic heterocycles. The van der Waals surface area contributed by atoms with Crippen molar-refractivity contribution < 1.29 is 13.9 Å². The van der Waals surface area contributed by atoms with Crippen LogP contribution in [-0.4, -0.2) is 22.5 Å². The fraction of sp³-hybridized carbons (Fsp3) is 0.0667. The first kappa shape index (κ1) is 15.8. The highest BCUT2D eigenvalue weighted by atomic mass is 79.9. The third-order valence-electron chi connectivity index (χ3n) is 3.22. The van der Waals surface area contributed by atoms with Gasteiger partial charge in [0.2, 0.25) is 0 Å². The number of nitrogens with zero attached hydrogens (tertiary/aromatic N) is 2. The summed E-state index contributed by atoms with van der Waals surface area (Å²) in [6, 6.07) is 4.51. The number of ether oxygens (including phenoxy) is 1. The van der Waals surface area contributed by atoms with Crippen molar-refractivity contribution in [3.8, 4) is 0 Å². The first-order chi connectivity index (χ1) is 11.0. The van der Waals surface area contributed by atoms with Crippen LogP contribution in [0.5, 0.6) is 0 Å². The van der Waals surface area contributed by atoms with Gasteiger partial charge < -0.3 is 14.5 Å². The maximum Gasteiger partial charge on any atom is 0.341 e. The van der Waals surface area contributed by atoms with Crippen LogP contribution in [0.25, 0.3) is 5.65 Å². The summed E-state index contributed by atoms with van der Waals surface area (Å²) in [5, 5.41) is 3.05. The fourth-order valence-corrected chi connectivity index (χ4v) is 2.76. The summed E-state index contributed by atoms with van der Waals surface area (Å²) in [4.78, 5) is 16.1. The minimum atomic E-state index is -0.595. The molecule has 0 aliphatic rings. The smallest absolute Gasteiger partial charge is 0.341 e. The molecule has 0 atom stereocenters. The number of rotatable bonds is 3. The molecule has 0 fully saturated rings. The Morgan fingerprint density at radius 1 is 1.48 bits per heavy atom. The standard InChI is InChI=1S/C15H10BrClFN3O2/c1-23-15(22)9-7-21-5-4-19-14(21)12(17)13(9)20-11-3-2-8(16)6-10(11)18/h2-7,20H,1H3. The summed E-state index contributed by atoms with van der Waals surface area (Å²) in [7, 11) is 1.26. The number of methoxy groups -OCH3 is 1. The third-order valence-corrected chi connectivity index (χ3v) is 4.07. The lowest BCUT2D eigenvalue weighted by atomic mass is 10.2. The zero-order valence-corrected chi connectivity index (χ0v) is 14.2. The Kier molecular flexibility index (Phi) is 4.23. The summed E-state index contributed by atoms with van der Waals surface area (Å²) >= 11 is 9.53. The molecule has 0 saturated heterocycles. The Balaban J connectivity index is 2.17. The van der Waals surface area contributed by atoms with Gasteiger partial charge in [0, 0.05) is 23.1 Å². The minimum absolute atomic E-state index is 0.172. The van der Waals surface area contributed by atoms with E-state index in [-0.39, 0.29) is 22.0 Å². The van der Waals surface area contributed by atoms with E-state index in [9.17, 15) is 9.18 Å². The van der Waals surface area contributed by atoms with Crippen molar-refractivity contribution in [2.75, 3.05) is 12.4 Å². The van der Waals surface area contributed by atoms with Crippen LogP contribution in [0, 0.1) is 5.82 Å². The van der Waals surface area contributed by atoms with Gasteiger partial charge in [-0.15, -0.1) is 0 Å². The van der Waals surface area contributed by atoms with E-state index in [1.54, 1.807) is 22.9 Å². The molecular formula is C15H10BrClFN3O2. The predicted octanol–water partition coefficient (Wildman–Crippen LogP) is 4.42. The number of carbonyl (C=O) groups excluding carboxylic acids is 1. The van der Waals surface area contributed by atoms with Gasteiger partial charge in [-0.3, -0.25) is 0 Å². The monoisotopic (exact) mass is 397 g/mol. The number of hydrogen-bond acceptors (Lipinski definition) is 4. The highest BCUT2D eigenvalue weighted by molar-refractivity contribution is 9.10. The molecular weight excluding hydrogens is 389 g/mol. The van der Waals surface area contributed by atoms with Gasteiger partial charge in [0.25, 0.3) is 0 Å². The average molecular weight is 399 g/mol. The van der Waals surface area contributed by atoms with Crippen LogP contribution in [0.15, 0.2) is 41.3 Å². The number of fused-ring (bicyclic) bond motifs is 1. The second-order valence-corrected chi connectivity index (χ2v) is 5.92. The van der Waals surface area contributed by atoms with Crippen molar-refractivity contribution in [2.45, 2.75) is 0 Å². The van der Waals surface area contributed by atoms with Gasteiger partial charge in [0.05, 0.1) is 18.5 Å². The molecule has 2 aromatic heterocycles. The van der Waals surface area contributed by atoms with E-state index in [4.69, 9.17) is 16.3 Å². The SMILES string of the molecule is COC(=O)c1cn2ccnc2c(Cl)c1Nc1ccc(Br)cc1F. The molecule has 2 heterocycles. The summed E-state index contributed by atoms with van der Waals surface area (Å²) in [5.41, 5.74) is 1.03. The van der Waals surface area contributed by atoms with Gasteiger partial charge in [-0.1, -0.05) is 27.5 Å². The molecule has 3 rings (SSSR count). The lowest BCUT2D eigenvalue weighted by Crippen LogP contribution is -2.09. The maximum atomic E-state index is 14.1. The van der Waals surface area contributed by atoms with E-state index in [1.807, 2.05) is 0 Å². The summed E-state index contributed by atoms with van der Waals surface area (Å²) < 4.78 is 21.0. The van der Waals surface area contributed by atoms with E-state index in [2.05, 4.69) is 26.2 Å². The lowest BCUT2D eigenvalue weighted by Gasteiger charge is -2.14. The topological polar surface area (TPSA) is 55.6 Å². The highest BCUT2D eigenvalue weighted by Crippen LogP contribution is 2.34. The molecule has 23 heavy (non-hydrogen) atoms. The van der Waals surface area contributed by atoms with Crippen molar-refractivity contribution >= 4 is 50.5 Å². The second kappa shape index (κ2) is 6.17. The van der Waals surface area contributed by atoms with E-state index in [1.165, 1.54) is 25.4 Å². The lowest BCUT2D eigenvalue weighted by molar-refractivity contribution is 0.0601. The fourth-order valence-electron chi connectivity index (χ4n) is 2.13. The predicted molar refractivity (Wildman–Crippen MR) is 88.9 cm³/mol. The molecule has 0 radical (unpaired) electrons. The largest absolute Gasteiger partial charge is 0.465 e. The van der Waals surface area contributed by atoms with E-state index in [0.29, 0.717) is 10.1 Å². The molecule has 118 valence electrons. The first-order valence-electron chi connectivity index (χ1n) is 6.47. The second-order valence-electron chi connectivity index (χ2n) is 4.63. The number of benzene rings is 1. The molecule has 0 aliphatic carbocycles. The molecule has 0 amide bonds. The zero-order chi connectivity index (χ0) is 16.6. The molecule has 3 aromatic rings. The number of anilines is 2. The van der Waals surface area contributed by atoms with Crippen molar-refractivity contribution in [1.82, 2.24) is 9.38 Å². The normalized spacial score (nSPS) is 10.8. The number of imidazole rings is 1. The molecule has 0 unspecified atom stereocenters. The number of esters is 1. The van der Waals surface area contributed by atoms with Crippen molar-refractivity contribution in [2.24, 2.45) is 0 Å². The number of nitrogens with one attached hydrogen (secondary N) is 1. The molecule has 1 aromatic carbocycles. The molecule has 0 spiro atoms. The van der Waals surface area contributed by atoms with Crippen LogP contribution in [-0.2, 0) is 4.74 Å². The van der Waals surface area contributed by atoms with Crippen LogP contribution in [0.4, 0.5) is 15.8 Å². The number of carbonyl (C=O) groups is 1. The summed E-state index contributed by atoms with van der Waals surface area (Å²) in [6.07, 6.45) is 4.73. The molecule has 0 bridgehead atoms. The third kappa shape index (κ3) is 2.89.